The van der Waals surface area contributed by atoms with Crippen molar-refractivity contribution in [1.29, 1.82) is 0 Å². The molecule has 0 saturated heterocycles. The van der Waals surface area contributed by atoms with Crippen LogP contribution in [0, 0.1) is 24.7 Å². The molecule has 20 heavy (non-hydrogen) atoms. The summed E-state index contributed by atoms with van der Waals surface area (Å²) in [5, 5.41) is 0. The molecule has 0 aliphatic heterocycles. The van der Waals surface area contributed by atoms with E-state index >= 15 is 0 Å². The van der Waals surface area contributed by atoms with Gasteiger partial charge in [-0.3, -0.25) is 0 Å². The first-order valence-corrected chi connectivity index (χ1v) is 10.1. The molecule has 2 fully saturated rings. The molecular formula is C14H20BrNO2S2. The van der Waals surface area contributed by atoms with E-state index in [9.17, 15) is 8.42 Å². The van der Waals surface area contributed by atoms with Crippen molar-refractivity contribution in [2.75, 3.05) is 13.6 Å². The number of nitrogens with zero attached hydrogens (tertiary/aromatic N) is 1. The van der Waals surface area contributed by atoms with Crippen molar-refractivity contribution in [1.82, 2.24) is 4.31 Å². The second-order valence-corrected chi connectivity index (χ2v) is 10.9. The molecule has 2 saturated carbocycles. The van der Waals surface area contributed by atoms with Gasteiger partial charge in [0, 0.05) is 13.6 Å². The zero-order valence-electron chi connectivity index (χ0n) is 11.8. The topological polar surface area (TPSA) is 37.4 Å². The summed E-state index contributed by atoms with van der Waals surface area (Å²) in [6.07, 6.45) is 5.20. The van der Waals surface area contributed by atoms with Gasteiger partial charge >= 0.3 is 0 Å². The molecule has 112 valence electrons. The number of hydrogen-bond donors (Lipinski definition) is 0. The van der Waals surface area contributed by atoms with Crippen molar-refractivity contribution in [3.8, 4) is 0 Å². The van der Waals surface area contributed by atoms with E-state index in [0.29, 0.717) is 16.7 Å². The molecule has 2 aliphatic carbocycles. The van der Waals surface area contributed by atoms with Crippen molar-refractivity contribution < 1.29 is 8.42 Å². The van der Waals surface area contributed by atoms with Crippen molar-refractivity contribution in [3.63, 3.8) is 0 Å². The molecule has 2 aliphatic rings. The summed E-state index contributed by atoms with van der Waals surface area (Å²) in [5.74, 6) is 2.19. The standard InChI is InChI=1S/C14H20BrNO2S2/c1-9-5-13(19-14(9)15)20(17,18)16(2)8-12-7-10-3-4-11(12)6-10/h5,10-12H,3-4,6-8H2,1-2H3. The smallest absolute Gasteiger partial charge is 0.206 e. The number of hydrogen-bond acceptors (Lipinski definition) is 3. The van der Waals surface area contributed by atoms with Gasteiger partial charge in [0.2, 0.25) is 0 Å². The van der Waals surface area contributed by atoms with Gasteiger partial charge in [0.15, 0.2) is 0 Å². The molecule has 0 spiro atoms. The average molecular weight is 378 g/mol. The van der Waals surface area contributed by atoms with Gasteiger partial charge in [-0.1, -0.05) is 6.42 Å². The highest BCUT2D eigenvalue weighted by molar-refractivity contribution is 9.11. The highest BCUT2D eigenvalue weighted by Crippen LogP contribution is 2.48. The second-order valence-electron chi connectivity index (χ2n) is 6.24. The summed E-state index contributed by atoms with van der Waals surface area (Å²) in [7, 11) is -1.60. The molecule has 6 heteroatoms. The predicted octanol–water partition coefficient (Wildman–Crippen LogP) is 3.88. The van der Waals surface area contributed by atoms with Gasteiger partial charge in [0.05, 0.1) is 3.79 Å². The molecule has 0 N–H and O–H groups in total. The summed E-state index contributed by atoms with van der Waals surface area (Å²) in [5.41, 5.74) is 0.988. The minimum atomic E-state index is -3.32. The Kier molecular flexibility index (Phi) is 4.03. The second kappa shape index (κ2) is 5.38. The first-order valence-electron chi connectivity index (χ1n) is 7.10. The van der Waals surface area contributed by atoms with Gasteiger partial charge in [0.1, 0.15) is 4.21 Å². The van der Waals surface area contributed by atoms with Gasteiger partial charge in [-0.25, -0.2) is 8.42 Å². The molecule has 3 rings (SSSR count). The van der Waals surface area contributed by atoms with Crippen LogP contribution in [0.5, 0.6) is 0 Å². The van der Waals surface area contributed by atoms with E-state index in [2.05, 4.69) is 15.9 Å². The quantitative estimate of drug-likeness (QED) is 0.798. The maximum atomic E-state index is 12.6. The lowest BCUT2D eigenvalue weighted by Gasteiger charge is -2.26. The molecule has 2 bridgehead atoms. The fourth-order valence-electron chi connectivity index (χ4n) is 3.74. The van der Waals surface area contributed by atoms with E-state index in [1.807, 2.05) is 6.92 Å². The summed E-state index contributed by atoms with van der Waals surface area (Å²) in [6, 6.07) is 1.77. The Morgan fingerprint density at radius 1 is 1.40 bits per heavy atom. The van der Waals surface area contributed by atoms with Crippen LogP contribution < -0.4 is 0 Å². The van der Waals surface area contributed by atoms with Gasteiger partial charge < -0.3 is 0 Å². The summed E-state index contributed by atoms with van der Waals surface area (Å²) >= 11 is 4.72. The predicted molar refractivity (Wildman–Crippen MR) is 85.5 cm³/mol. The van der Waals surface area contributed by atoms with Crippen molar-refractivity contribution >= 4 is 37.3 Å². The minimum absolute atomic E-state index is 0.451. The number of sulfonamides is 1. The van der Waals surface area contributed by atoms with Crippen molar-refractivity contribution in [2.45, 2.75) is 36.8 Å². The SMILES string of the molecule is Cc1cc(S(=O)(=O)N(C)CC2CC3CCC2C3)sc1Br. The van der Waals surface area contributed by atoms with Gasteiger partial charge in [-0.2, -0.15) is 4.31 Å². The van der Waals surface area contributed by atoms with Crippen LogP contribution in [0.25, 0.3) is 0 Å². The Balaban J connectivity index is 1.74. The molecule has 0 amide bonds. The Morgan fingerprint density at radius 2 is 2.15 bits per heavy atom. The zero-order valence-corrected chi connectivity index (χ0v) is 15.0. The number of thiophene rings is 1. The molecular weight excluding hydrogens is 358 g/mol. The van der Waals surface area contributed by atoms with Crippen LogP contribution in [0.2, 0.25) is 0 Å². The number of aryl methyl sites for hydroxylation is 1. The van der Waals surface area contributed by atoms with Crippen LogP contribution in [0.3, 0.4) is 0 Å². The van der Waals surface area contributed by atoms with E-state index in [1.165, 1.54) is 37.0 Å². The summed E-state index contributed by atoms with van der Waals surface area (Å²) in [6.45, 7) is 2.60. The third-order valence-electron chi connectivity index (χ3n) is 4.88. The number of halogens is 1. The number of rotatable bonds is 4. The molecule has 1 aromatic rings. The molecule has 0 radical (unpaired) electrons. The minimum Gasteiger partial charge on any atom is -0.206 e. The molecule has 3 unspecified atom stereocenters. The van der Waals surface area contributed by atoms with E-state index in [4.69, 9.17) is 0 Å². The first-order chi connectivity index (χ1) is 9.38. The highest BCUT2D eigenvalue weighted by atomic mass is 79.9. The Morgan fingerprint density at radius 3 is 2.65 bits per heavy atom. The normalized spacial score (nSPS) is 29.5. The Hall–Kier alpha value is 0.0900. The van der Waals surface area contributed by atoms with Gasteiger partial charge in [0.25, 0.3) is 10.0 Å². The largest absolute Gasteiger partial charge is 0.252 e. The Labute approximate surface area is 133 Å². The van der Waals surface area contributed by atoms with Crippen LogP contribution in [-0.2, 0) is 10.0 Å². The molecule has 3 nitrogen and oxygen atoms in total. The van der Waals surface area contributed by atoms with E-state index in [0.717, 1.165) is 21.2 Å². The van der Waals surface area contributed by atoms with Crippen LogP contribution in [0.4, 0.5) is 0 Å². The Bertz CT molecular complexity index is 591. The maximum absolute atomic E-state index is 12.6. The highest BCUT2D eigenvalue weighted by Gasteiger charge is 2.41. The van der Waals surface area contributed by atoms with E-state index < -0.39 is 10.0 Å². The van der Waals surface area contributed by atoms with E-state index in [1.54, 1.807) is 17.4 Å². The summed E-state index contributed by atoms with van der Waals surface area (Å²) in [4.78, 5) is 0. The van der Waals surface area contributed by atoms with Crippen LogP contribution >= 0.6 is 27.3 Å². The lowest BCUT2D eigenvalue weighted by atomic mass is 9.89. The molecule has 1 aromatic heterocycles. The van der Waals surface area contributed by atoms with Crippen LogP contribution in [0.1, 0.15) is 31.2 Å². The van der Waals surface area contributed by atoms with Crippen molar-refractivity contribution in [3.05, 3.63) is 15.4 Å². The van der Waals surface area contributed by atoms with Crippen LogP contribution in [0.15, 0.2) is 14.1 Å². The fourth-order valence-corrected chi connectivity index (χ4v) is 7.41. The van der Waals surface area contributed by atoms with Gasteiger partial charge in [-0.05, 0) is 71.5 Å². The monoisotopic (exact) mass is 377 g/mol. The summed E-state index contributed by atoms with van der Waals surface area (Å²) < 4.78 is 28.1. The third-order valence-corrected chi connectivity index (χ3v) is 9.28. The number of fused-ring (bicyclic) bond motifs is 2. The lowest BCUT2D eigenvalue weighted by molar-refractivity contribution is 0.280. The van der Waals surface area contributed by atoms with Gasteiger partial charge in [-0.15, -0.1) is 11.3 Å². The zero-order chi connectivity index (χ0) is 14.5. The van der Waals surface area contributed by atoms with E-state index in [-0.39, 0.29) is 0 Å². The lowest BCUT2D eigenvalue weighted by Crippen LogP contribution is -2.33. The maximum Gasteiger partial charge on any atom is 0.252 e. The first kappa shape index (κ1) is 15.0. The third kappa shape index (κ3) is 2.60. The average Bonchev–Trinajstić information content (AvgIpc) is 3.06. The fraction of sp³-hybridized carbons (Fsp3) is 0.714. The van der Waals surface area contributed by atoms with Crippen LogP contribution in [-0.4, -0.2) is 26.3 Å². The molecule has 1 heterocycles. The molecule has 0 aromatic carbocycles. The molecule has 3 atom stereocenters. The van der Waals surface area contributed by atoms with Crippen molar-refractivity contribution in [2.24, 2.45) is 17.8 Å².